The van der Waals surface area contributed by atoms with Crippen LogP contribution in [0, 0.1) is 6.92 Å². The summed E-state index contributed by atoms with van der Waals surface area (Å²) in [5.74, 6) is 0.146. The zero-order valence-electron chi connectivity index (χ0n) is 23.0. The van der Waals surface area contributed by atoms with Crippen LogP contribution < -0.4 is 24.5 Å². The second kappa shape index (κ2) is 11.6. The number of para-hydroxylation sites is 1. The maximum atomic E-state index is 14.0. The average Bonchev–Trinajstić information content (AvgIpc) is 3.57. The molecule has 5 rings (SSSR count). The fourth-order valence-electron chi connectivity index (χ4n) is 5.54. The maximum Gasteiger partial charge on any atom is 0.338 e. The first-order chi connectivity index (χ1) is 19.0. The zero-order chi connectivity index (χ0) is 27.5. The van der Waals surface area contributed by atoms with Gasteiger partial charge < -0.3 is 14.4 Å². The number of benzene rings is 2. The van der Waals surface area contributed by atoms with Crippen molar-refractivity contribution >= 4 is 29.1 Å². The summed E-state index contributed by atoms with van der Waals surface area (Å²) in [6, 6.07) is 13.2. The number of fused-ring (bicyclic) bond motifs is 1. The number of carbonyl (C=O) groups is 1. The Kier molecular flexibility index (Phi) is 8.02. The fraction of sp³-hybridized carbons (Fsp3) is 0.387. The van der Waals surface area contributed by atoms with Crippen LogP contribution in [-0.2, 0) is 9.53 Å². The molecule has 1 aromatic heterocycles. The topological polar surface area (TPSA) is 73.1 Å². The van der Waals surface area contributed by atoms with Gasteiger partial charge in [0, 0.05) is 24.3 Å². The van der Waals surface area contributed by atoms with Crippen LogP contribution in [0.2, 0.25) is 0 Å². The van der Waals surface area contributed by atoms with Crippen LogP contribution in [0.1, 0.15) is 62.3 Å². The van der Waals surface area contributed by atoms with Crippen molar-refractivity contribution in [3.05, 3.63) is 90.1 Å². The van der Waals surface area contributed by atoms with E-state index in [2.05, 4.69) is 30.0 Å². The first-order valence-electron chi connectivity index (χ1n) is 13.7. The molecule has 1 saturated heterocycles. The molecule has 0 N–H and O–H groups in total. The Balaban J connectivity index is 1.69. The second-order valence-corrected chi connectivity index (χ2v) is 10.9. The lowest BCUT2D eigenvalue weighted by molar-refractivity contribution is -0.139. The molecule has 2 aromatic carbocycles. The molecule has 7 nitrogen and oxygen atoms in total. The van der Waals surface area contributed by atoms with E-state index in [-0.39, 0.29) is 12.2 Å². The molecule has 0 bridgehead atoms. The number of nitrogens with zero attached hydrogens (tertiary/aromatic N) is 3. The molecule has 204 valence electrons. The van der Waals surface area contributed by atoms with Crippen molar-refractivity contribution in [3.63, 3.8) is 0 Å². The van der Waals surface area contributed by atoms with E-state index < -0.39 is 12.0 Å². The van der Waals surface area contributed by atoms with E-state index in [0.29, 0.717) is 32.8 Å². The molecule has 0 spiro atoms. The Labute approximate surface area is 232 Å². The summed E-state index contributed by atoms with van der Waals surface area (Å²) in [6.07, 6.45) is 5.78. The summed E-state index contributed by atoms with van der Waals surface area (Å²) in [7, 11) is 1.59. The van der Waals surface area contributed by atoms with Crippen molar-refractivity contribution in [2.45, 2.75) is 52.5 Å². The average molecular weight is 546 g/mol. The maximum absolute atomic E-state index is 14.0. The molecule has 1 fully saturated rings. The van der Waals surface area contributed by atoms with Crippen molar-refractivity contribution in [1.29, 1.82) is 0 Å². The normalized spacial score (nSPS) is 17.3. The van der Waals surface area contributed by atoms with Crippen LogP contribution in [0.15, 0.2) is 63.5 Å². The predicted octanol–water partition coefficient (Wildman–Crippen LogP) is 4.50. The largest absolute Gasteiger partial charge is 0.496 e. The molecule has 0 aliphatic carbocycles. The Morgan fingerprint density at radius 1 is 1.15 bits per heavy atom. The van der Waals surface area contributed by atoms with E-state index in [4.69, 9.17) is 14.5 Å². The van der Waals surface area contributed by atoms with Crippen molar-refractivity contribution in [2.24, 2.45) is 4.99 Å². The Morgan fingerprint density at radius 3 is 2.62 bits per heavy atom. The zero-order valence-corrected chi connectivity index (χ0v) is 23.8. The predicted molar refractivity (Wildman–Crippen MR) is 155 cm³/mol. The number of aromatic nitrogens is 1. The Hall–Kier alpha value is -3.65. The highest BCUT2D eigenvalue weighted by Crippen LogP contribution is 2.36. The number of hydrogen-bond acceptors (Lipinski definition) is 7. The van der Waals surface area contributed by atoms with Gasteiger partial charge in [-0.15, -0.1) is 0 Å². The van der Waals surface area contributed by atoms with Crippen LogP contribution in [0.4, 0.5) is 5.69 Å². The van der Waals surface area contributed by atoms with E-state index in [1.165, 1.54) is 35.4 Å². The third-order valence-electron chi connectivity index (χ3n) is 7.29. The summed E-state index contributed by atoms with van der Waals surface area (Å²) < 4.78 is 13.4. The lowest BCUT2D eigenvalue weighted by Crippen LogP contribution is -2.40. The molecule has 0 saturated carbocycles. The van der Waals surface area contributed by atoms with Gasteiger partial charge in [0.1, 0.15) is 11.8 Å². The van der Waals surface area contributed by atoms with E-state index in [1.54, 1.807) is 18.6 Å². The van der Waals surface area contributed by atoms with E-state index >= 15 is 0 Å². The smallest absolute Gasteiger partial charge is 0.338 e. The highest BCUT2D eigenvalue weighted by Gasteiger charge is 2.35. The van der Waals surface area contributed by atoms with Gasteiger partial charge in [-0.1, -0.05) is 48.9 Å². The first kappa shape index (κ1) is 26.9. The number of methoxy groups -OCH3 is 1. The molecule has 1 atom stereocenters. The van der Waals surface area contributed by atoms with Gasteiger partial charge in [0.15, 0.2) is 4.80 Å². The summed E-state index contributed by atoms with van der Waals surface area (Å²) >= 11 is 1.35. The Bertz CT molecular complexity index is 1590. The molecular weight excluding hydrogens is 510 g/mol. The number of hydrogen-bond donors (Lipinski definition) is 0. The molecular formula is C31H35N3O4S. The lowest BCUT2D eigenvalue weighted by Gasteiger charge is -2.26. The number of allylic oxidation sites excluding steroid dienone is 1. The third-order valence-corrected chi connectivity index (χ3v) is 8.27. The molecule has 0 radical (unpaired) electrons. The highest BCUT2D eigenvalue weighted by atomic mass is 32.1. The number of thiazole rings is 1. The molecule has 39 heavy (non-hydrogen) atoms. The van der Waals surface area contributed by atoms with Crippen LogP contribution >= 0.6 is 11.3 Å². The monoisotopic (exact) mass is 545 g/mol. The number of esters is 1. The van der Waals surface area contributed by atoms with Gasteiger partial charge in [-0.25, -0.2) is 9.79 Å². The van der Waals surface area contributed by atoms with E-state index in [0.717, 1.165) is 30.6 Å². The summed E-state index contributed by atoms with van der Waals surface area (Å²) in [4.78, 5) is 35.2. The molecule has 3 aromatic rings. The van der Waals surface area contributed by atoms with Crippen LogP contribution in [0.3, 0.4) is 0 Å². The third kappa shape index (κ3) is 5.17. The second-order valence-electron chi connectivity index (χ2n) is 9.90. The molecule has 0 amide bonds. The first-order valence-corrected chi connectivity index (χ1v) is 14.5. The van der Waals surface area contributed by atoms with Crippen molar-refractivity contribution in [3.8, 4) is 5.75 Å². The summed E-state index contributed by atoms with van der Waals surface area (Å²) in [5.41, 5.74) is 5.01. The van der Waals surface area contributed by atoms with E-state index in [9.17, 15) is 9.59 Å². The number of ether oxygens (including phenoxy) is 2. The molecule has 2 aliphatic heterocycles. The highest BCUT2D eigenvalue weighted by molar-refractivity contribution is 7.07. The minimum atomic E-state index is -0.695. The van der Waals surface area contributed by atoms with Gasteiger partial charge in [0.05, 0.1) is 29.5 Å². The van der Waals surface area contributed by atoms with Gasteiger partial charge >= 0.3 is 5.97 Å². The summed E-state index contributed by atoms with van der Waals surface area (Å²) in [6.45, 7) is 8.36. The minimum Gasteiger partial charge on any atom is -0.496 e. The standard InChI is InChI=1S/C31H35N3O4S/c1-5-11-23-27(30(36)38-6-2)28(22-12-7-8-13-25(22)37-4)34-29(35)26(39-31(34)32-23)19-21-14-15-24(20(3)18-21)33-16-9-10-17-33/h7-8,12-15,18-19,28H,5-6,9-11,16-17H2,1-4H3/b26-19+/t28-/m1/s1. The van der Waals surface area contributed by atoms with Crippen LogP contribution in [0.25, 0.3) is 6.08 Å². The van der Waals surface area contributed by atoms with Gasteiger partial charge in [0.2, 0.25) is 0 Å². The number of aryl methyl sites for hydroxylation is 1. The minimum absolute atomic E-state index is 0.187. The van der Waals surface area contributed by atoms with Crippen molar-refractivity contribution in [1.82, 2.24) is 4.57 Å². The van der Waals surface area contributed by atoms with Gasteiger partial charge in [-0.2, -0.15) is 0 Å². The van der Waals surface area contributed by atoms with Crippen molar-refractivity contribution in [2.75, 3.05) is 31.7 Å². The Morgan fingerprint density at radius 2 is 1.92 bits per heavy atom. The van der Waals surface area contributed by atoms with Gasteiger partial charge in [0.25, 0.3) is 5.56 Å². The number of carbonyl (C=O) groups excluding carboxylic acids is 1. The van der Waals surface area contributed by atoms with Gasteiger partial charge in [-0.05, 0) is 68.5 Å². The molecule has 8 heteroatoms. The molecule has 0 unspecified atom stereocenters. The van der Waals surface area contributed by atoms with E-state index in [1.807, 2.05) is 37.3 Å². The van der Waals surface area contributed by atoms with Crippen molar-refractivity contribution < 1.29 is 14.3 Å². The van der Waals surface area contributed by atoms with Crippen LogP contribution in [-0.4, -0.2) is 37.3 Å². The summed E-state index contributed by atoms with van der Waals surface area (Å²) in [5, 5.41) is 0. The lowest BCUT2D eigenvalue weighted by atomic mass is 9.93. The number of anilines is 1. The fourth-order valence-corrected chi connectivity index (χ4v) is 6.56. The SMILES string of the molecule is CCCC1=C(C(=O)OCC)[C@@H](c2ccccc2OC)n2c(s/c(=C/c3ccc(N4CCCC4)c(C)c3)c2=O)=N1. The number of rotatable bonds is 8. The molecule has 2 aliphatic rings. The quantitative estimate of drug-likeness (QED) is 0.390. The van der Waals surface area contributed by atoms with Gasteiger partial charge in [-0.3, -0.25) is 9.36 Å². The van der Waals surface area contributed by atoms with Crippen LogP contribution in [0.5, 0.6) is 5.75 Å². The molecule has 3 heterocycles.